The van der Waals surface area contributed by atoms with Crippen LogP contribution in [0, 0.1) is 6.92 Å². The van der Waals surface area contributed by atoms with Crippen molar-refractivity contribution in [2.45, 2.75) is 19.9 Å². The minimum Gasteiger partial charge on any atom is -0.494 e. The fourth-order valence-corrected chi connectivity index (χ4v) is 4.23. The van der Waals surface area contributed by atoms with Gasteiger partial charge in [0, 0.05) is 16.7 Å². The average Bonchev–Trinajstić information content (AvgIpc) is 2.96. The summed E-state index contributed by atoms with van der Waals surface area (Å²) >= 11 is 0. The van der Waals surface area contributed by atoms with Gasteiger partial charge in [0.05, 0.1) is 18.4 Å². The van der Waals surface area contributed by atoms with Crippen molar-refractivity contribution in [2.24, 2.45) is 0 Å². The first kappa shape index (κ1) is 18.2. The third kappa shape index (κ3) is 3.96. The van der Waals surface area contributed by atoms with E-state index in [4.69, 9.17) is 4.74 Å². The van der Waals surface area contributed by atoms with E-state index >= 15 is 0 Å². The van der Waals surface area contributed by atoms with Crippen LogP contribution >= 0.6 is 0 Å². The van der Waals surface area contributed by atoms with Gasteiger partial charge in [-0.25, -0.2) is 8.42 Å². The first-order valence-corrected chi connectivity index (χ1v) is 10.2. The molecule has 0 saturated carbocycles. The van der Waals surface area contributed by atoms with Gasteiger partial charge in [0.1, 0.15) is 5.75 Å². The number of carbonyl (C=O) groups excluding carboxylic acids is 1. The number of anilines is 1. The van der Waals surface area contributed by atoms with Crippen molar-refractivity contribution in [3.63, 3.8) is 0 Å². The molecule has 0 saturated heterocycles. The standard InChI is InChI=1S/C20H21NO4S/c1-3-25-19-9-7-17(8-10-19)21(18-11-12-26(23,24)14-18)20(22)16-6-4-5-15(2)13-16/h4-13,18H,3,14H2,1-2H3/t18-/m0/s1. The molecule has 3 rings (SSSR count). The molecule has 0 aromatic heterocycles. The molecule has 2 aromatic rings. The number of ether oxygens (including phenoxy) is 1. The Morgan fingerprint density at radius 1 is 1.19 bits per heavy atom. The number of carbonyl (C=O) groups is 1. The molecule has 0 bridgehead atoms. The Hall–Kier alpha value is -2.60. The Labute approximate surface area is 153 Å². The molecule has 1 heterocycles. The van der Waals surface area contributed by atoms with Crippen LogP contribution in [-0.2, 0) is 9.84 Å². The summed E-state index contributed by atoms with van der Waals surface area (Å²) in [5.74, 6) is 0.357. The van der Waals surface area contributed by atoms with E-state index in [2.05, 4.69) is 0 Å². The molecule has 1 atom stereocenters. The number of hydrogen-bond acceptors (Lipinski definition) is 4. The summed E-state index contributed by atoms with van der Waals surface area (Å²) in [6.07, 6.45) is 1.57. The van der Waals surface area contributed by atoms with E-state index in [1.807, 2.05) is 26.0 Å². The van der Waals surface area contributed by atoms with Crippen LogP contribution in [0.4, 0.5) is 5.69 Å². The highest BCUT2D eigenvalue weighted by molar-refractivity contribution is 7.94. The van der Waals surface area contributed by atoms with Gasteiger partial charge in [0.25, 0.3) is 5.91 Å². The maximum atomic E-state index is 13.2. The topological polar surface area (TPSA) is 63.7 Å². The number of aryl methyl sites for hydroxylation is 1. The number of nitrogens with zero attached hydrogens (tertiary/aromatic N) is 1. The van der Waals surface area contributed by atoms with Crippen molar-refractivity contribution in [3.8, 4) is 5.75 Å². The lowest BCUT2D eigenvalue weighted by Crippen LogP contribution is -2.41. The number of rotatable bonds is 5. The molecule has 1 aliphatic rings. The van der Waals surface area contributed by atoms with Crippen LogP contribution in [0.5, 0.6) is 5.75 Å². The van der Waals surface area contributed by atoms with Crippen LogP contribution in [0.15, 0.2) is 60.0 Å². The third-order valence-corrected chi connectivity index (χ3v) is 5.53. The molecular weight excluding hydrogens is 350 g/mol. The van der Waals surface area contributed by atoms with E-state index in [9.17, 15) is 13.2 Å². The summed E-state index contributed by atoms with van der Waals surface area (Å²) in [5.41, 5.74) is 2.13. The molecule has 26 heavy (non-hydrogen) atoms. The fourth-order valence-electron chi connectivity index (χ4n) is 2.97. The minimum atomic E-state index is -3.29. The van der Waals surface area contributed by atoms with E-state index in [0.717, 1.165) is 5.56 Å². The molecule has 0 fully saturated rings. The van der Waals surface area contributed by atoms with Gasteiger partial charge in [0.2, 0.25) is 0 Å². The Kier molecular flexibility index (Phi) is 5.13. The van der Waals surface area contributed by atoms with E-state index in [1.165, 1.54) is 10.3 Å². The summed E-state index contributed by atoms with van der Waals surface area (Å²) < 4.78 is 29.2. The van der Waals surface area contributed by atoms with Crippen molar-refractivity contribution in [3.05, 3.63) is 71.1 Å². The van der Waals surface area contributed by atoms with Gasteiger partial charge in [-0.15, -0.1) is 0 Å². The Bertz CT molecular complexity index is 933. The molecule has 6 heteroatoms. The summed E-state index contributed by atoms with van der Waals surface area (Å²) in [6.45, 7) is 4.36. The predicted octanol–water partition coefficient (Wildman–Crippen LogP) is 3.35. The first-order valence-electron chi connectivity index (χ1n) is 8.43. The third-order valence-electron chi connectivity index (χ3n) is 4.15. The number of sulfone groups is 1. The predicted molar refractivity (Wildman–Crippen MR) is 102 cm³/mol. The van der Waals surface area contributed by atoms with Gasteiger partial charge in [-0.05, 0) is 56.3 Å². The largest absolute Gasteiger partial charge is 0.494 e. The van der Waals surface area contributed by atoms with Gasteiger partial charge in [0.15, 0.2) is 9.84 Å². The smallest absolute Gasteiger partial charge is 0.258 e. The molecule has 0 N–H and O–H groups in total. The Balaban J connectivity index is 1.99. The summed E-state index contributed by atoms with van der Waals surface area (Å²) in [6, 6.07) is 13.9. The molecule has 5 nitrogen and oxygen atoms in total. The second-order valence-corrected chi connectivity index (χ2v) is 8.13. The minimum absolute atomic E-state index is 0.113. The number of amides is 1. The second kappa shape index (κ2) is 7.33. The maximum absolute atomic E-state index is 13.2. The van der Waals surface area contributed by atoms with E-state index in [-0.39, 0.29) is 11.7 Å². The van der Waals surface area contributed by atoms with Crippen molar-refractivity contribution >= 4 is 21.4 Å². The molecular formula is C20H21NO4S. The lowest BCUT2D eigenvalue weighted by Gasteiger charge is -2.28. The van der Waals surface area contributed by atoms with E-state index < -0.39 is 15.9 Å². The van der Waals surface area contributed by atoms with Crippen molar-refractivity contribution in [1.29, 1.82) is 0 Å². The zero-order chi connectivity index (χ0) is 18.7. The average molecular weight is 371 g/mol. The van der Waals surface area contributed by atoms with Crippen molar-refractivity contribution in [1.82, 2.24) is 0 Å². The van der Waals surface area contributed by atoms with Gasteiger partial charge >= 0.3 is 0 Å². The molecule has 1 aliphatic heterocycles. The Morgan fingerprint density at radius 3 is 2.50 bits per heavy atom. The van der Waals surface area contributed by atoms with Crippen LogP contribution in [0.3, 0.4) is 0 Å². The molecule has 0 spiro atoms. The van der Waals surface area contributed by atoms with Crippen molar-refractivity contribution in [2.75, 3.05) is 17.3 Å². The quantitative estimate of drug-likeness (QED) is 0.809. The normalized spacial score (nSPS) is 17.8. The number of benzene rings is 2. The van der Waals surface area contributed by atoms with Crippen LogP contribution in [0.1, 0.15) is 22.8 Å². The molecule has 136 valence electrons. The van der Waals surface area contributed by atoms with Gasteiger partial charge in [-0.1, -0.05) is 17.7 Å². The highest BCUT2D eigenvalue weighted by Gasteiger charge is 2.32. The highest BCUT2D eigenvalue weighted by Crippen LogP contribution is 2.27. The van der Waals surface area contributed by atoms with Gasteiger partial charge < -0.3 is 9.64 Å². The lowest BCUT2D eigenvalue weighted by molar-refractivity contribution is 0.0983. The first-order chi connectivity index (χ1) is 12.4. The number of hydrogen-bond donors (Lipinski definition) is 0. The zero-order valence-corrected chi connectivity index (χ0v) is 15.6. The SMILES string of the molecule is CCOc1ccc(N(C(=O)c2cccc(C)c2)[C@H]2C=CS(=O)(=O)C2)cc1. The van der Waals surface area contributed by atoms with Crippen LogP contribution in [0.25, 0.3) is 0 Å². The van der Waals surface area contributed by atoms with Gasteiger partial charge in [-0.2, -0.15) is 0 Å². The highest BCUT2D eigenvalue weighted by atomic mass is 32.2. The van der Waals surface area contributed by atoms with Crippen LogP contribution in [0.2, 0.25) is 0 Å². The molecule has 0 radical (unpaired) electrons. The fraction of sp³-hybridized carbons (Fsp3) is 0.250. The Morgan fingerprint density at radius 2 is 1.92 bits per heavy atom. The second-order valence-electron chi connectivity index (χ2n) is 6.20. The van der Waals surface area contributed by atoms with E-state index in [0.29, 0.717) is 23.6 Å². The molecule has 2 aromatic carbocycles. The van der Waals surface area contributed by atoms with Crippen LogP contribution in [-0.4, -0.2) is 32.7 Å². The maximum Gasteiger partial charge on any atom is 0.258 e. The summed E-state index contributed by atoms with van der Waals surface area (Å²) in [4.78, 5) is 14.7. The summed E-state index contributed by atoms with van der Waals surface area (Å²) in [5, 5.41) is 1.18. The van der Waals surface area contributed by atoms with E-state index in [1.54, 1.807) is 42.5 Å². The summed E-state index contributed by atoms with van der Waals surface area (Å²) in [7, 11) is -3.29. The molecule has 0 aliphatic carbocycles. The van der Waals surface area contributed by atoms with Crippen molar-refractivity contribution < 1.29 is 17.9 Å². The zero-order valence-electron chi connectivity index (χ0n) is 14.8. The molecule has 1 amide bonds. The van der Waals surface area contributed by atoms with Gasteiger partial charge in [-0.3, -0.25) is 4.79 Å². The molecule has 0 unspecified atom stereocenters. The lowest BCUT2D eigenvalue weighted by atomic mass is 10.1. The van der Waals surface area contributed by atoms with Crippen LogP contribution < -0.4 is 9.64 Å². The monoisotopic (exact) mass is 371 g/mol.